The lowest BCUT2D eigenvalue weighted by molar-refractivity contribution is 0.102. The minimum absolute atomic E-state index is 0.151. The number of benzene rings is 1. The highest BCUT2D eigenvalue weighted by molar-refractivity contribution is 8.00. The SMILES string of the molecule is CC(C)(C)c1ccc(C(=O)CSC2CCCCC2)cc1. The lowest BCUT2D eigenvalue weighted by atomic mass is 9.86. The summed E-state index contributed by atoms with van der Waals surface area (Å²) in [5.74, 6) is 0.917. The van der Waals surface area contributed by atoms with Gasteiger partial charge >= 0.3 is 0 Å². The van der Waals surface area contributed by atoms with Gasteiger partial charge in [-0.2, -0.15) is 11.8 Å². The van der Waals surface area contributed by atoms with Crippen LogP contribution in [0.2, 0.25) is 0 Å². The van der Waals surface area contributed by atoms with Crippen molar-refractivity contribution in [1.82, 2.24) is 0 Å². The minimum atomic E-state index is 0.151. The van der Waals surface area contributed by atoms with E-state index in [9.17, 15) is 4.79 Å². The van der Waals surface area contributed by atoms with Crippen molar-refractivity contribution in [1.29, 1.82) is 0 Å². The summed E-state index contributed by atoms with van der Waals surface area (Å²) in [6, 6.07) is 8.17. The third-order valence-electron chi connectivity index (χ3n) is 4.08. The van der Waals surface area contributed by atoms with Crippen molar-refractivity contribution in [3.63, 3.8) is 0 Å². The number of hydrogen-bond acceptors (Lipinski definition) is 2. The largest absolute Gasteiger partial charge is 0.293 e. The Balaban J connectivity index is 1.89. The summed E-state index contributed by atoms with van der Waals surface area (Å²) in [4.78, 5) is 12.2. The van der Waals surface area contributed by atoms with Crippen molar-refractivity contribution in [2.75, 3.05) is 5.75 Å². The third-order valence-corrected chi connectivity index (χ3v) is 5.45. The second-order valence-electron chi connectivity index (χ2n) is 6.82. The van der Waals surface area contributed by atoms with Gasteiger partial charge in [0.05, 0.1) is 5.75 Å². The van der Waals surface area contributed by atoms with E-state index in [1.807, 2.05) is 23.9 Å². The van der Waals surface area contributed by atoms with E-state index in [1.54, 1.807) is 0 Å². The van der Waals surface area contributed by atoms with Crippen LogP contribution >= 0.6 is 11.8 Å². The van der Waals surface area contributed by atoms with Crippen LogP contribution in [0.4, 0.5) is 0 Å². The number of Topliss-reactive ketones (excluding diaryl/α,β-unsaturated/α-hetero) is 1. The summed E-state index contributed by atoms with van der Waals surface area (Å²) >= 11 is 1.86. The van der Waals surface area contributed by atoms with E-state index >= 15 is 0 Å². The summed E-state index contributed by atoms with van der Waals surface area (Å²) in [5, 5.41) is 0.710. The fraction of sp³-hybridized carbons (Fsp3) is 0.611. The highest BCUT2D eigenvalue weighted by Gasteiger charge is 2.17. The molecule has 0 unspecified atom stereocenters. The van der Waals surface area contributed by atoms with Crippen LogP contribution in [0.1, 0.15) is 68.8 Å². The molecule has 20 heavy (non-hydrogen) atoms. The predicted octanol–water partition coefficient (Wildman–Crippen LogP) is 5.23. The molecule has 0 aliphatic heterocycles. The first-order chi connectivity index (χ1) is 9.47. The number of hydrogen-bond donors (Lipinski definition) is 0. The highest BCUT2D eigenvalue weighted by Crippen LogP contribution is 2.29. The van der Waals surface area contributed by atoms with Crippen molar-refractivity contribution in [2.45, 2.75) is 63.5 Å². The summed E-state index contributed by atoms with van der Waals surface area (Å²) < 4.78 is 0. The van der Waals surface area contributed by atoms with E-state index < -0.39 is 0 Å². The van der Waals surface area contributed by atoms with Gasteiger partial charge in [0.1, 0.15) is 0 Å². The molecule has 0 N–H and O–H groups in total. The summed E-state index contributed by atoms with van der Waals surface area (Å²) in [5.41, 5.74) is 2.30. The topological polar surface area (TPSA) is 17.1 Å². The van der Waals surface area contributed by atoms with Crippen LogP contribution in [0.15, 0.2) is 24.3 Å². The fourth-order valence-corrected chi connectivity index (χ4v) is 3.89. The minimum Gasteiger partial charge on any atom is -0.293 e. The highest BCUT2D eigenvalue weighted by atomic mass is 32.2. The molecule has 2 heteroatoms. The molecule has 1 aliphatic carbocycles. The summed E-state index contributed by atoms with van der Waals surface area (Å²) in [7, 11) is 0. The Bertz CT molecular complexity index is 435. The number of carbonyl (C=O) groups excluding carboxylic acids is 1. The molecule has 1 aliphatic rings. The maximum absolute atomic E-state index is 12.2. The second kappa shape index (κ2) is 6.80. The first-order valence-corrected chi connectivity index (χ1v) is 8.77. The molecule has 0 spiro atoms. The molecule has 1 aromatic carbocycles. The van der Waals surface area contributed by atoms with E-state index in [0.717, 1.165) is 5.56 Å². The van der Waals surface area contributed by atoms with Gasteiger partial charge in [-0.15, -0.1) is 0 Å². The number of thioether (sulfide) groups is 1. The van der Waals surface area contributed by atoms with Gasteiger partial charge in [-0.25, -0.2) is 0 Å². The third kappa shape index (κ3) is 4.37. The molecule has 1 aromatic rings. The van der Waals surface area contributed by atoms with Gasteiger partial charge in [-0.1, -0.05) is 64.3 Å². The first-order valence-electron chi connectivity index (χ1n) is 7.72. The molecule has 0 atom stereocenters. The van der Waals surface area contributed by atoms with Gasteiger partial charge in [0.15, 0.2) is 5.78 Å². The average Bonchev–Trinajstić information content (AvgIpc) is 2.45. The Hall–Kier alpha value is -0.760. The van der Waals surface area contributed by atoms with E-state index in [1.165, 1.54) is 37.7 Å². The Labute approximate surface area is 127 Å². The van der Waals surface area contributed by atoms with Crippen LogP contribution in [0, 0.1) is 0 Å². The van der Waals surface area contributed by atoms with Crippen molar-refractivity contribution < 1.29 is 4.79 Å². The Morgan fingerprint density at radius 3 is 2.25 bits per heavy atom. The van der Waals surface area contributed by atoms with E-state index in [2.05, 4.69) is 32.9 Å². The molecule has 0 radical (unpaired) electrons. The maximum Gasteiger partial charge on any atom is 0.172 e. The van der Waals surface area contributed by atoms with Crippen LogP contribution in [0.5, 0.6) is 0 Å². The maximum atomic E-state index is 12.2. The Kier molecular flexibility index (Phi) is 5.31. The molecule has 1 saturated carbocycles. The molecule has 1 nitrogen and oxygen atoms in total. The fourth-order valence-electron chi connectivity index (χ4n) is 2.66. The van der Waals surface area contributed by atoms with Crippen LogP contribution in [-0.2, 0) is 5.41 Å². The standard InChI is InChI=1S/C18H26OS/c1-18(2,3)15-11-9-14(10-12-15)17(19)13-20-16-7-5-4-6-8-16/h9-12,16H,4-8,13H2,1-3H3. The zero-order chi connectivity index (χ0) is 14.6. The van der Waals surface area contributed by atoms with Crippen molar-refractivity contribution in [3.05, 3.63) is 35.4 Å². The summed E-state index contributed by atoms with van der Waals surface area (Å²) in [6.45, 7) is 6.59. The smallest absolute Gasteiger partial charge is 0.172 e. The van der Waals surface area contributed by atoms with E-state index in [-0.39, 0.29) is 11.2 Å². The first kappa shape index (κ1) is 15.6. The van der Waals surface area contributed by atoms with Crippen LogP contribution < -0.4 is 0 Å². The van der Waals surface area contributed by atoms with Crippen molar-refractivity contribution in [2.24, 2.45) is 0 Å². The molecule has 0 heterocycles. The van der Waals surface area contributed by atoms with E-state index in [4.69, 9.17) is 0 Å². The normalized spacial score (nSPS) is 17.1. The molecule has 1 fully saturated rings. The Morgan fingerprint density at radius 2 is 1.70 bits per heavy atom. The van der Waals surface area contributed by atoms with Gasteiger partial charge in [-0.05, 0) is 23.8 Å². The molecular formula is C18H26OS. The molecule has 110 valence electrons. The van der Waals surface area contributed by atoms with Gasteiger partial charge in [0, 0.05) is 10.8 Å². The second-order valence-corrected chi connectivity index (χ2v) is 8.11. The number of carbonyl (C=O) groups is 1. The Morgan fingerprint density at radius 1 is 1.10 bits per heavy atom. The van der Waals surface area contributed by atoms with Gasteiger partial charge < -0.3 is 0 Å². The number of rotatable bonds is 4. The molecule has 0 aromatic heterocycles. The van der Waals surface area contributed by atoms with Crippen LogP contribution in [-0.4, -0.2) is 16.8 Å². The van der Waals surface area contributed by atoms with Crippen LogP contribution in [0.3, 0.4) is 0 Å². The van der Waals surface area contributed by atoms with E-state index in [0.29, 0.717) is 11.0 Å². The monoisotopic (exact) mass is 290 g/mol. The molecular weight excluding hydrogens is 264 g/mol. The lowest BCUT2D eigenvalue weighted by Gasteiger charge is -2.21. The van der Waals surface area contributed by atoms with Crippen molar-refractivity contribution >= 4 is 17.5 Å². The molecule has 0 bridgehead atoms. The predicted molar refractivity (Wildman–Crippen MR) is 88.8 cm³/mol. The zero-order valence-electron chi connectivity index (χ0n) is 12.9. The molecule has 2 rings (SSSR count). The van der Waals surface area contributed by atoms with Crippen molar-refractivity contribution in [3.8, 4) is 0 Å². The lowest BCUT2D eigenvalue weighted by Crippen LogP contribution is -2.13. The van der Waals surface area contributed by atoms with Gasteiger partial charge in [0.2, 0.25) is 0 Å². The number of ketones is 1. The summed E-state index contributed by atoms with van der Waals surface area (Å²) in [6.07, 6.45) is 6.64. The van der Waals surface area contributed by atoms with Crippen LogP contribution in [0.25, 0.3) is 0 Å². The molecule has 0 amide bonds. The van der Waals surface area contributed by atoms with Gasteiger partial charge in [-0.3, -0.25) is 4.79 Å². The van der Waals surface area contributed by atoms with Gasteiger partial charge in [0.25, 0.3) is 0 Å². The average molecular weight is 290 g/mol. The quantitative estimate of drug-likeness (QED) is 0.706. The molecule has 0 saturated heterocycles. The zero-order valence-corrected chi connectivity index (χ0v) is 13.8.